The molecule has 2 aromatic carbocycles. The summed E-state index contributed by atoms with van der Waals surface area (Å²) in [6, 6.07) is 15.8. The zero-order chi connectivity index (χ0) is 27.9. The number of rotatable bonds is 9. The zero-order valence-corrected chi connectivity index (χ0v) is 24.1. The van der Waals surface area contributed by atoms with Gasteiger partial charge < -0.3 is 19.7 Å². The largest absolute Gasteiger partial charge is 0.494 e. The molecule has 0 spiro atoms. The van der Waals surface area contributed by atoms with Gasteiger partial charge in [0.1, 0.15) is 11.4 Å². The van der Waals surface area contributed by atoms with Crippen LogP contribution in [0.4, 0.5) is 11.4 Å². The summed E-state index contributed by atoms with van der Waals surface area (Å²) in [5.41, 5.74) is 3.07. The summed E-state index contributed by atoms with van der Waals surface area (Å²) >= 11 is 1.35. The molecule has 212 valence electrons. The number of amidine groups is 1. The Morgan fingerprint density at radius 1 is 1.07 bits per heavy atom. The number of hydrogen-bond acceptors (Lipinski definition) is 7. The predicted octanol–water partition coefficient (Wildman–Crippen LogP) is 5.24. The molecule has 3 aliphatic rings. The Morgan fingerprint density at radius 2 is 1.75 bits per heavy atom. The highest BCUT2D eigenvalue weighted by Gasteiger charge is 2.35. The van der Waals surface area contributed by atoms with Crippen LogP contribution in [0.15, 0.2) is 59.2 Å². The summed E-state index contributed by atoms with van der Waals surface area (Å²) in [6.45, 7) is 7.70. The minimum absolute atomic E-state index is 0.0114. The molecule has 1 saturated carbocycles. The lowest BCUT2D eigenvalue weighted by Crippen LogP contribution is -2.40. The topological polar surface area (TPSA) is 83.5 Å². The SMILES string of the molecule is CCOc1ccc(N2C(=O)/C(=C\c3ccc(N4CCOCC4)cc3)N=C2S[C@@H](CC)C(=O)NC2CCCC2)cc1. The monoisotopic (exact) mass is 562 g/mol. The molecule has 5 rings (SSSR count). The van der Waals surface area contributed by atoms with E-state index in [1.807, 2.05) is 56.3 Å². The first-order valence-corrected chi connectivity index (χ1v) is 15.2. The van der Waals surface area contributed by atoms with E-state index < -0.39 is 0 Å². The number of carbonyl (C=O) groups is 2. The Balaban J connectivity index is 1.39. The van der Waals surface area contributed by atoms with Crippen molar-refractivity contribution >= 4 is 46.2 Å². The number of ether oxygens (including phenoxy) is 2. The second kappa shape index (κ2) is 13.4. The van der Waals surface area contributed by atoms with Crippen LogP contribution < -0.4 is 19.9 Å². The van der Waals surface area contributed by atoms with Gasteiger partial charge in [0.25, 0.3) is 5.91 Å². The van der Waals surface area contributed by atoms with Crippen LogP contribution in [0, 0.1) is 0 Å². The number of benzene rings is 2. The fourth-order valence-electron chi connectivity index (χ4n) is 5.24. The number of anilines is 2. The number of hydrogen-bond donors (Lipinski definition) is 1. The maximum atomic E-state index is 13.7. The van der Waals surface area contributed by atoms with Crippen LogP contribution >= 0.6 is 11.8 Å². The molecule has 1 N–H and O–H groups in total. The molecule has 40 heavy (non-hydrogen) atoms. The number of amides is 2. The van der Waals surface area contributed by atoms with Gasteiger partial charge in [-0.15, -0.1) is 0 Å². The van der Waals surface area contributed by atoms with E-state index in [0.717, 1.165) is 69.0 Å². The van der Waals surface area contributed by atoms with E-state index in [0.29, 0.717) is 29.6 Å². The third-order valence-electron chi connectivity index (χ3n) is 7.42. The molecule has 0 aromatic heterocycles. The van der Waals surface area contributed by atoms with Crippen LogP contribution in [-0.4, -0.2) is 61.2 Å². The number of nitrogens with zero attached hydrogens (tertiary/aromatic N) is 3. The third-order valence-corrected chi connectivity index (χ3v) is 8.74. The van der Waals surface area contributed by atoms with Crippen LogP contribution in [0.5, 0.6) is 5.75 Å². The van der Waals surface area contributed by atoms with Gasteiger partial charge in [-0.3, -0.25) is 14.5 Å². The summed E-state index contributed by atoms with van der Waals surface area (Å²) in [7, 11) is 0. The number of nitrogens with one attached hydrogen (secondary N) is 1. The van der Waals surface area contributed by atoms with Crippen molar-refractivity contribution < 1.29 is 19.1 Å². The van der Waals surface area contributed by atoms with Crippen LogP contribution in [0.2, 0.25) is 0 Å². The van der Waals surface area contributed by atoms with E-state index in [9.17, 15) is 9.59 Å². The molecule has 0 radical (unpaired) electrons. The maximum absolute atomic E-state index is 13.7. The molecule has 2 aromatic rings. The van der Waals surface area contributed by atoms with Gasteiger partial charge in [-0.1, -0.05) is 43.7 Å². The van der Waals surface area contributed by atoms with E-state index in [-0.39, 0.29) is 23.1 Å². The van der Waals surface area contributed by atoms with Crippen LogP contribution in [0.3, 0.4) is 0 Å². The number of morpholine rings is 1. The van der Waals surface area contributed by atoms with E-state index in [2.05, 4.69) is 22.3 Å². The van der Waals surface area contributed by atoms with Crippen molar-refractivity contribution in [1.29, 1.82) is 0 Å². The van der Waals surface area contributed by atoms with E-state index in [4.69, 9.17) is 14.5 Å². The van der Waals surface area contributed by atoms with Crippen molar-refractivity contribution in [3.05, 3.63) is 59.8 Å². The minimum atomic E-state index is -0.343. The molecule has 8 nitrogen and oxygen atoms in total. The fraction of sp³-hybridized carbons (Fsp3) is 0.452. The van der Waals surface area contributed by atoms with Crippen molar-refractivity contribution in [2.24, 2.45) is 4.99 Å². The van der Waals surface area contributed by atoms with E-state index >= 15 is 0 Å². The van der Waals surface area contributed by atoms with Gasteiger partial charge >= 0.3 is 0 Å². The van der Waals surface area contributed by atoms with Crippen molar-refractivity contribution in [3.63, 3.8) is 0 Å². The number of carbonyl (C=O) groups excluding carboxylic acids is 2. The zero-order valence-electron chi connectivity index (χ0n) is 23.3. The molecular formula is C31H38N4O4S. The minimum Gasteiger partial charge on any atom is -0.494 e. The van der Waals surface area contributed by atoms with Gasteiger partial charge in [0.15, 0.2) is 5.17 Å². The average Bonchev–Trinajstić information content (AvgIpc) is 3.60. The standard InChI is InChI=1S/C31H38N4O4S/c1-3-28(29(36)32-23-7-5-6-8-23)40-31-33-27(30(37)35(31)25-13-15-26(16-14-25)39-4-2)21-22-9-11-24(12-10-22)34-17-19-38-20-18-34/h9-16,21,23,28H,3-8,17-20H2,1-2H3,(H,32,36)/b27-21+/t28-/m0/s1. The Labute approximate surface area is 240 Å². The average molecular weight is 563 g/mol. The molecule has 1 aliphatic carbocycles. The van der Waals surface area contributed by atoms with Crippen molar-refractivity contribution in [1.82, 2.24) is 5.32 Å². The van der Waals surface area contributed by atoms with Gasteiger partial charge in [-0.25, -0.2) is 4.99 Å². The lowest BCUT2D eigenvalue weighted by Gasteiger charge is -2.28. The first-order valence-electron chi connectivity index (χ1n) is 14.3. The number of thioether (sulfide) groups is 1. The van der Waals surface area contributed by atoms with Gasteiger partial charge in [0.2, 0.25) is 5.91 Å². The fourth-order valence-corrected chi connectivity index (χ4v) is 6.28. The molecule has 9 heteroatoms. The smallest absolute Gasteiger partial charge is 0.283 e. The van der Waals surface area contributed by atoms with Crippen LogP contribution in [0.1, 0.15) is 51.5 Å². The van der Waals surface area contributed by atoms with Crippen molar-refractivity contribution in [2.45, 2.75) is 57.2 Å². The quantitative estimate of drug-likeness (QED) is 0.421. The second-order valence-electron chi connectivity index (χ2n) is 10.2. The first kappa shape index (κ1) is 28.2. The van der Waals surface area contributed by atoms with E-state index in [1.54, 1.807) is 4.90 Å². The maximum Gasteiger partial charge on any atom is 0.283 e. The number of aliphatic imine (C=N–C) groups is 1. The highest BCUT2D eigenvalue weighted by atomic mass is 32.2. The molecule has 1 atom stereocenters. The third kappa shape index (κ3) is 6.70. The normalized spacial score (nSPS) is 19.7. The van der Waals surface area contributed by atoms with Crippen molar-refractivity contribution in [3.8, 4) is 5.75 Å². The summed E-state index contributed by atoms with van der Waals surface area (Å²) in [5, 5.41) is 3.38. The second-order valence-corrected chi connectivity index (χ2v) is 11.4. The Bertz CT molecular complexity index is 1230. The Morgan fingerprint density at radius 3 is 2.40 bits per heavy atom. The van der Waals surface area contributed by atoms with Gasteiger partial charge in [0, 0.05) is 24.8 Å². The van der Waals surface area contributed by atoms with Gasteiger partial charge in [0.05, 0.1) is 30.8 Å². The molecule has 2 amide bonds. The Hall–Kier alpha value is -3.30. The van der Waals surface area contributed by atoms with Crippen molar-refractivity contribution in [2.75, 3.05) is 42.7 Å². The summed E-state index contributed by atoms with van der Waals surface area (Å²) < 4.78 is 11.1. The molecular weight excluding hydrogens is 524 g/mol. The molecule has 0 unspecified atom stereocenters. The molecule has 0 bridgehead atoms. The highest BCUT2D eigenvalue weighted by molar-refractivity contribution is 8.15. The molecule has 2 aliphatic heterocycles. The van der Waals surface area contributed by atoms with Crippen LogP contribution in [0.25, 0.3) is 6.08 Å². The van der Waals surface area contributed by atoms with Gasteiger partial charge in [-0.05, 0) is 74.2 Å². The molecule has 2 fully saturated rings. The lowest BCUT2D eigenvalue weighted by molar-refractivity contribution is -0.121. The highest BCUT2D eigenvalue weighted by Crippen LogP contribution is 2.33. The first-order chi connectivity index (χ1) is 19.6. The molecule has 2 heterocycles. The predicted molar refractivity (Wildman–Crippen MR) is 162 cm³/mol. The summed E-state index contributed by atoms with van der Waals surface area (Å²) in [4.78, 5) is 35.6. The van der Waals surface area contributed by atoms with E-state index in [1.165, 1.54) is 11.8 Å². The summed E-state index contributed by atoms with van der Waals surface area (Å²) in [6.07, 6.45) is 6.83. The molecule has 1 saturated heterocycles. The van der Waals surface area contributed by atoms with Crippen LogP contribution in [-0.2, 0) is 14.3 Å². The Kier molecular flexibility index (Phi) is 9.44. The van der Waals surface area contributed by atoms with Gasteiger partial charge in [-0.2, -0.15) is 0 Å². The lowest BCUT2D eigenvalue weighted by atomic mass is 10.1. The summed E-state index contributed by atoms with van der Waals surface area (Å²) in [5.74, 6) is 0.537.